The van der Waals surface area contributed by atoms with Crippen molar-refractivity contribution in [3.05, 3.63) is 100 Å². The summed E-state index contributed by atoms with van der Waals surface area (Å²) < 4.78 is 103. The molecule has 4 rings (SSSR count). The van der Waals surface area contributed by atoms with E-state index in [9.17, 15) is 30.7 Å². The molecule has 0 radical (unpaired) electrons. The number of benzene rings is 4. The van der Waals surface area contributed by atoms with E-state index in [1.807, 2.05) is 0 Å². The third kappa shape index (κ3) is 4.10. The molecule has 0 amide bonds. The summed E-state index contributed by atoms with van der Waals surface area (Å²) in [4.78, 5) is 0. The van der Waals surface area contributed by atoms with E-state index in [1.165, 1.54) is 19.2 Å². The molecular formula is C25H11F7O. The Morgan fingerprint density at radius 2 is 1.27 bits per heavy atom. The highest BCUT2D eigenvalue weighted by molar-refractivity contribution is 5.84. The molecule has 0 bridgehead atoms. The Bertz CT molecular complexity index is 1440. The van der Waals surface area contributed by atoms with Crippen LogP contribution in [0.5, 0.6) is 5.75 Å². The van der Waals surface area contributed by atoms with Crippen LogP contribution < -0.4 is 4.74 Å². The van der Waals surface area contributed by atoms with Gasteiger partial charge in [-0.2, -0.15) is 0 Å². The van der Waals surface area contributed by atoms with Crippen molar-refractivity contribution in [1.82, 2.24) is 0 Å². The van der Waals surface area contributed by atoms with Gasteiger partial charge in [-0.05, 0) is 41.3 Å². The summed E-state index contributed by atoms with van der Waals surface area (Å²) >= 11 is 0. The summed E-state index contributed by atoms with van der Waals surface area (Å²) in [6.45, 7) is 0. The topological polar surface area (TPSA) is 9.23 Å². The van der Waals surface area contributed by atoms with Gasteiger partial charge in [0.25, 0.3) is 0 Å². The molecule has 0 spiro atoms. The number of halogens is 7. The fraction of sp³-hybridized carbons (Fsp3) is 0.0400. The van der Waals surface area contributed by atoms with Crippen LogP contribution in [0.2, 0.25) is 0 Å². The van der Waals surface area contributed by atoms with Crippen molar-refractivity contribution >= 4 is 10.8 Å². The van der Waals surface area contributed by atoms with Crippen LogP contribution in [0.1, 0.15) is 11.1 Å². The van der Waals surface area contributed by atoms with E-state index in [4.69, 9.17) is 4.74 Å². The molecule has 0 heterocycles. The molecule has 0 unspecified atom stereocenters. The first-order valence-electron chi connectivity index (χ1n) is 9.31. The molecule has 4 aromatic carbocycles. The van der Waals surface area contributed by atoms with Gasteiger partial charge in [-0.15, -0.1) is 0 Å². The summed E-state index contributed by atoms with van der Waals surface area (Å²) in [7, 11) is 1.21. The summed E-state index contributed by atoms with van der Waals surface area (Å²) in [5, 5.41) is -0.190. The van der Waals surface area contributed by atoms with Crippen LogP contribution in [0.4, 0.5) is 30.7 Å². The van der Waals surface area contributed by atoms with Crippen molar-refractivity contribution in [3.8, 4) is 28.7 Å². The Morgan fingerprint density at radius 1 is 0.636 bits per heavy atom. The lowest BCUT2D eigenvalue weighted by Crippen LogP contribution is -1.97. The molecule has 0 saturated heterocycles. The average Bonchev–Trinajstić information content (AvgIpc) is 2.76. The van der Waals surface area contributed by atoms with Gasteiger partial charge in [-0.25, -0.2) is 30.7 Å². The second-order valence-electron chi connectivity index (χ2n) is 6.95. The highest BCUT2D eigenvalue weighted by Crippen LogP contribution is 2.32. The first-order valence-corrected chi connectivity index (χ1v) is 9.31. The van der Waals surface area contributed by atoms with E-state index in [0.717, 1.165) is 36.4 Å². The third-order valence-corrected chi connectivity index (χ3v) is 4.89. The second-order valence-corrected chi connectivity index (χ2v) is 6.95. The number of fused-ring (bicyclic) bond motifs is 1. The predicted molar refractivity (Wildman–Crippen MR) is 108 cm³/mol. The minimum atomic E-state index is -1.62. The smallest absolute Gasteiger partial charge is 0.195 e. The molecule has 0 N–H and O–H groups in total. The van der Waals surface area contributed by atoms with Crippen LogP contribution in [0.3, 0.4) is 0 Å². The summed E-state index contributed by atoms with van der Waals surface area (Å²) in [5.74, 6) is -4.26. The van der Waals surface area contributed by atoms with Crippen molar-refractivity contribution in [2.75, 3.05) is 7.11 Å². The molecule has 0 fully saturated rings. The standard InChI is InChI=1S/C25H11F7O/c1-33-15-10-20(28)23(21(29)11-15)14-8-18(26)17(19(27)9-14)5-3-12-2-4-16-13(6-12)7-22(30)25(32)24(16)31/h2,4,6-11H,1H3. The molecule has 0 aliphatic carbocycles. The quantitative estimate of drug-likeness (QED) is 0.180. The maximum Gasteiger partial charge on any atom is 0.195 e. The van der Waals surface area contributed by atoms with Gasteiger partial charge in [-0.1, -0.05) is 17.9 Å². The summed E-state index contributed by atoms with van der Waals surface area (Å²) in [6, 6.07) is 7.62. The normalized spacial score (nSPS) is 10.8. The summed E-state index contributed by atoms with van der Waals surface area (Å²) in [5.41, 5.74) is -1.56. The van der Waals surface area contributed by atoms with Gasteiger partial charge < -0.3 is 4.74 Å². The van der Waals surface area contributed by atoms with Gasteiger partial charge in [0.15, 0.2) is 17.5 Å². The molecule has 0 atom stereocenters. The van der Waals surface area contributed by atoms with Gasteiger partial charge in [0.05, 0.1) is 18.2 Å². The maximum atomic E-state index is 14.6. The Labute approximate surface area is 183 Å². The first-order chi connectivity index (χ1) is 15.7. The third-order valence-electron chi connectivity index (χ3n) is 4.89. The van der Waals surface area contributed by atoms with Gasteiger partial charge in [-0.3, -0.25) is 0 Å². The highest BCUT2D eigenvalue weighted by atomic mass is 19.2. The van der Waals surface area contributed by atoms with E-state index >= 15 is 0 Å². The van der Waals surface area contributed by atoms with Crippen LogP contribution in [0.15, 0.2) is 48.5 Å². The lowest BCUT2D eigenvalue weighted by Gasteiger charge is -2.09. The van der Waals surface area contributed by atoms with Gasteiger partial charge in [0.1, 0.15) is 29.0 Å². The molecule has 8 heteroatoms. The molecule has 0 saturated carbocycles. The van der Waals surface area contributed by atoms with E-state index in [2.05, 4.69) is 11.8 Å². The van der Waals surface area contributed by atoms with Gasteiger partial charge in [0.2, 0.25) is 0 Å². The minimum Gasteiger partial charge on any atom is -0.497 e. The lowest BCUT2D eigenvalue weighted by atomic mass is 10.0. The van der Waals surface area contributed by atoms with E-state index in [1.54, 1.807) is 0 Å². The van der Waals surface area contributed by atoms with E-state index in [-0.39, 0.29) is 27.6 Å². The Kier molecular flexibility index (Phi) is 5.73. The van der Waals surface area contributed by atoms with Crippen LogP contribution in [-0.4, -0.2) is 7.11 Å². The largest absolute Gasteiger partial charge is 0.497 e. The molecule has 0 aromatic heterocycles. The number of hydrogen-bond acceptors (Lipinski definition) is 1. The Balaban J connectivity index is 1.74. The lowest BCUT2D eigenvalue weighted by molar-refractivity contribution is 0.407. The van der Waals surface area contributed by atoms with E-state index in [0.29, 0.717) is 0 Å². The van der Waals surface area contributed by atoms with Gasteiger partial charge >= 0.3 is 0 Å². The second kappa shape index (κ2) is 8.51. The average molecular weight is 460 g/mol. The number of hydrogen-bond donors (Lipinski definition) is 0. The predicted octanol–water partition coefficient (Wildman–Crippen LogP) is 6.89. The van der Waals surface area contributed by atoms with Crippen LogP contribution in [0, 0.1) is 52.6 Å². The fourth-order valence-corrected chi connectivity index (χ4v) is 3.30. The van der Waals surface area contributed by atoms with Crippen LogP contribution in [0.25, 0.3) is 21.9 Å². The zero-order valence-electron chi connectivity index (χ0n) is 16.7. The zero-order valence-corrected chi connectivity index (χ0v) is 16.7. The number of rotatable bonds is 2. The Morgan fingerprint density at radius 3 is 1.88 bits per heavy atom. The highest BCUT2D eigenvalue weighted by Gasteiger charge is 2.18. The van der Waals surface area contributed by atoms with Crippen LogP contribution in [-0.2, 0) is 0 Å². The van der Waals surface area contributed by atoms with Crippen molar-refractivity contribution < 1.29 is 35.5 Å². The van der Waals surface area contributed by atoms with E-state index < -0.39 is 51.8 Å². The van der Waals surface area contributed by atoms with Crippen molar-refractivity contribution in [3.63, 3.8) is 0 Å². The molecule has 1 nitrogen and oxygen atoms in total. The molecule has 4 aromatic rings. The molecule has 0 aliphatic rings. The molecule has 33 heavy (non-hydrogen) atoms. The SMILES string of the molecule is COc1cc(F)c(-c2cc(F)c(C#Cc3ccc4c(F)c(F)c(F)cc4c3)c(F)c2)c(F)c1. The molecule has 166 valence electrons. The summed E-state index contributed by atoms with van der Waals surface area (Å²) in [6.07, 6.45) is 0. The fourth-order valence-electron chi connectivity index (χ4n) is 3.30. The van der Waals surface area contributed by atoms with Crippen molar-refractivity contribution in [2.24, 2.45) is 0 Å². The maximum absolute atomic E-state index is 14.6. The Hall–Kier alpha value is -3.99. The van der Waals surface area contributed by atoms with Crippen LogP contribution >= 0.6 is 0 Å². The van der Waals surface area contributed by atoms with Gasteiger partial charge in [0, 0.05) is 23.1 Å². The molecule has 0 aliphatic heterocycles. The minimum absolute atomic E-state index is 0.0000482. The molecular weight excluding hydrogens is 449 g/mol. The first kappa shape index (κ1) is 22.2. The zero-order chi connectivity index (χ0) is 23.9. The monoisotopic (exact) mass is 460 g/mol. The van der Waals surface area contributed by atoms with Crippen molar-refractivity contribution in [1.29, 1.82) is 0 Å². The number of ether oxygens (including phenoxy) is 1. The number of methoxy groups -OCH3 is 1. The van der Waals surface area contributed by atoms with Crippen molar-refractivity contribution in [2.45, 2.75) is 0 Å².